The van der Waals surface area contributed by atoms with Gasteiger partial charge in [0.15, 0.2) is 0 Å². The molecule has 0 saturated heterocycles. The molecule has 0 bridgehead atoms. The highest BCUT2D eigenvalue weighted by atomic mass is 32.1. The van der Waals surface area contributed by atoms with Gasteiger partial charge in [0.2, 0.25) is 11.8 Å². The second-order valence-electron chi connectivity index (χ2n) is 8.04. The molecule has 8 nitrogen and oxygen atoms in total. The summed E-state index contributed by atoms with van der Waals surface area (Å²) in [6.45, 7) is 3.20. The first-order chi connectivity index (χ1) is 15.5. The maximum Gasteiger partial charge on any atom is 0.268 e. The van der Waals surface area contributed by atoms with Crippen molar-refractivity contribution in [3.05, 3.63) is 52.2 Å². The van der Waals surface area contributed by atoms with E-state index in [1.165, 1.54) is 15.4 Å². The molecule has 3 amide bonds. The number of rotatable bonds is 7. The normalized spacial score (nSPS) is 18.7. The number of amides is 3. The standard InChI is InChI=1S/C23H27N5O3S/c1-2-6-17(23(31)27-11-9-20-15(14-27)10-12-32-20)25-22(30)18-13-19(21(24)29)28(26-18)16-7-4-3-5-8-16/h3-5,7-8,10,12,17,19H,2,6,9,11,13-14H2,1H3,(H2,24,29)(H,25,30). The van der Waals surface area contributed by atoms with Crippen molar-refractivity contribution in [1.82, 2.24) is 10.2 Å². The topological polar surface area (TPSA) is 108 Å². The monoisotopic (exact) mass is 453 g/mol. The molecular weight excluding hydrogens is 426 g/mol. The van der Waals surface area contributed by atoms with Crippen molar-refractivity contribution in [3.8, 4) is 0 Å². The molecule has 1 aromatic carbocycles. The van der Waals surface area contributed by atoms with Crippen LogP contribution in [0.25, 0.3) is 0 Å². The summed E-state index contributed by atoms with van der Waals surface area (Å²) in [5.41, 5.74) is 7.63. The second-order valence-corrected chi connectivity index (χ2v) is 9.04. The molecule has 32 heavy (non-hydrogen) atoms. The summed E-state index contributed by atoms with van der Waals surface area (Å²) in [5, 5.41) is 10.8. The quantitative estimate of drug-likeness (QED) is 0.669. The Morgan fingerprint density at radius 1 is 1.25 bits per heavy atom. The van der Waals surface area contributed by atoms with Gasteiger partial charge in [0, 0.05) is 24.4 Å². The lowest BCUT2D eigenvalue weighted by molar-refractivity contribution is -0.136. The highest BCUT2D eigenvalue weighted by Gasteiger charge is 2.36. The van der Waals surface area contributed by atoms with Crippen molar-refractivity contribution in [2.75, 3.05) is 11.6 Å². The third kappa shape index (κ3) is 4.52. The van der Waals surface area contributed by atoms with Crippen LogP contribution in [0.1, 0.15) is 36.6 Å². The SMILES string of the molecule is CCCC(NC(=O)C1=NN(c2ccccc2)C(C(N)=O)C1)C(=O)N1CCc2sccc2C1. The lowest BCUT2D eigenvalue weighted by atomic mass is 10.1. The van der Waals surface area contributed by atoms with Gasteiger partial charge in [-0.3, -0.25) is 19.4 Å². The number of hydrazone groups is 1. The maximum absolute atomic E-state index is 13.2. The Kier molecular flexibility index (Phi) is 6.55. The third-order valence-corrected chi connectivity index (χ3v) is 6.84. The van der Waals surface area contributed by atoms with Gasteiger partial charge in [-0.1, -0.05) is 31.5 Å². The lowest BCUT2D eigenvalue weighted by Crippen LogP contribution is -2.51. The highest BCUT2D eigenvalue weighted by Crippen LogP contribution is 2.26. The predicted octanol–water partition coefficient (Wildman–Crippen LogP) is 2.04. The third-order valence-electron chi connectivity index (χ3n) is 5.82. The van der Waals surface area contributed by atoms with E-state index >= 15 is 0 Å². The van der Waals surface area contributed by atoms with Gasteiger partial charge in [0.25, 0.3) is 5.91 Å². The molecule has 2 atom stereocenters. The Hall–Kier alpha value is -3.20. The Labute approximate surface area is 191 Å². The van der Waals surface area contributed by atoms with Crippen LogP contribution in [0.5, 0.6) is 0 Å². The number of carbonyl (C=O) groups excluding carboxylic acids is 3. The van der Waals surface area contributed by atoms with Crippen molar-refractivity contribution in [1.29, 1.82) is 0 Å². The van der Waals surface area contributed by atoms with Crippen LogP contribution in [0.15, 0.2) is 46.9 Å². The van der Waals surface area contributed by atoms with Gasteiger partial charge in [0.05, 0.1) is 5.69 Å². The number of hydrogen-bond acceptors (Lipinski definition) is 6. The molecule has 9 heteroatoms. The number of nitrogens with zero attached hydrogens (tertiary/aromatic N) is 3. The average molecular weight is 454 g/mol. The van der Waals surface area contributed by atoms with Crippen LogP contribution in [0.2, 0.25) is 0 Å². The van der Waals surface area contributed by atoms with Gasteiger partial charge in [-0.05, 0) is 42.0 Å². The Balaban J connectivity index is 1.48. The lowest BCUT2D eigenvalue weighted by Gasteiger charge is -2.30. The zero-order valence-electron chi connectivity index (χ0n) is 18.0. The average Bonchev–Trinajstić information content (AvgIpc) is 3.46. The molecule has 2 aromatic rings. The second kappa shape index (κ2) is 9.52. The van der Waals surface area contributed by atoms with Gasteiger partial charge in [-0.2, -0.15) is 5.10 Å². The fraction of sp³-hybridized carbons (Fsp3) is 0.391. The van der Waals surface area contributed by atoms with E-state index < -0.39 is 23.9 Å². The van der Waals surface area contributed by atoms with E-state index in [4.69, 9.17) is 5.73 Å². The zero-order chi connectivity index (χ0) is 22.7. The minimum Gasteiger partial charge on any atom is -0.368 e. The van der Waals surface area contributed by atoms with Crippen LogP contribution in [0, 0.1) is 0 Å². The fourth-order valence-corrected chi connectivity index (χ4v) is 5.02. The van der Waals surface area contributed by atoms with Crippen LogP contribution in [-0.2, 0) is 27.3 Å². The number of fused-ring (bicyclic) bond motifs is 1. The first-order valence-electron chi connectivity index (χ1n) is 10.8. The molecular formula is C23H27N5O3S. The summed E-state index contributed by atoms with van der Waals surface area (Å²) >= 11 is 1.72. The van der Waals surface area contributed by atoms with Gasteiger partial charge in [0.1, 0.15) is 17.8 Å². The molecule has 2 aliphatic heterocycles. The number of benzene rings is 1. The summed E-state index contributed by atoms with van der Waals surface area (Å²) in [6, 6.07) is 9.81. The number of primary amides is 1. The Morgan fingerprint density at radius 3 is 2.75 bits per heavy atom. The highest BCUT2D eigenvalue weighted by molar-refractivity contribution is 7.10. The first kappa shape index (κ1) is 22.0. The van der Waals surface area contributed by atoms with E-state index in [1.54, 1.807) is 23.5 Å². The van der Waals surface area contributed by atoms with Gasteiger partial charge < -0.3 is 16.0 Å². The van der Waals surface area contributed by atoms with Gasteiger partial charge >= 0.3 is 0 Å². The predicted molar refractivity (Wildman–Crippen MR) is 124 cm³/mol. The van der Waals surface area contributed by atoms with Crippen LogP contribution in [-0.4, -0.2) is 47.0 Å². The number of para-hydroxylation sites is 1. The maximum atomic E-state index is 13.2. The van der Waals surface area contributed by atoms with E-state index in [0.29, 0.717) is 25.2 Å². The first-order valence-corrected chi connectivity index (χ1v) is 11.7. The molecule has 3 heterocycles. The molecule has 4 rings (SSSR count). The molecule has 0 spiro atoms. The van der Waals surface area contributed by atoms with Crippen LogP contribution < -0.4 is 16.1 Å². The largest absolute Gasteiger partial charge is 0.368 e. The molecule has 0 radical (unpaired) electrons. The Bertz CT molecular complexity index is 1040. The fourth-order valence-electron chi connectivity index (χ4n) is 4.13. The number of nitrogens with one attached hydrogen (secondary N) is 1. The van der Waals surface area contributed by atoms with Crippen LogP contribution in [0.4, 0.5) is 5.69 Å². The van der Waals surface area contributed by atoms with E-state index in [2.05, 4.69) is 21.9 Å². The number of hydrogen-bond donors (Lipinski definition) is 2. The summed E-state index contributed by atoms with van der Waals surface area (Å²) in [7, 11) is 0. The van der Waals surface area contributed by atoms with Crippen LogP contribution in [0.3, 0.4) is 0 Å². The minimum atomic E-state index is -0.738. The number of thiophene rings is 1. The van der Waals surface area contributed by atoms with Crippen LogP contribution >= 0.6 is 11.3 Å². The molecule has 3 N–H and O–H groups in total. The summed E-state index contributed by atoms with van der Waals surface area (Å²) in [5.74, 6) is -1.07. The van der Waals surface area contributed by atoms with Gasteiger partial charge in [-0.25, -0.2) is 0 Å². The van der Waals surface area contributed by atoms with Crippen molar-refractivity contribution >= 4 is 40.5 Å². The van der Waals surface area contributed by atoms with Crippen molar-refractivity contribution in [2.24, 2.45) is 10.8 Å². The smallest absolute Gasteiger partial charge is 0.268 e. The molecule has 0 fully saturated rings. The summed E-state index contributed by atoms with van der Waals surface area (Å²) < 4.78 is 0. The molecule has 1 aromatic heterocycles. The molecule has 168 valence electrons. The van der Waals surface area contributed by atoms with Crippen molar-refractivity contribution < 1.29 is 14.4 Å². The van der Waals surface area contributed by atoms with Crippen molar-refractivity contribution in [3.63, 3.8) is 0 Å². The van der Waals surface area contributed by atoms with E-state index in [9.17, 15) is 14.4 Å². The molecule has 0 saturated carbocycles. The zero-order valence-corrected chi connectivity index (χ0v) is 18.8. The number of anilines is 1. The summed E-state index contributed by atoms with van der Waals surface area (Å²) in [4.78, 5) is 41.4. The van der Waals surface area contributed by atoms with E-state index in [0.717, 1.165) is 12.8 Å². The minimum absolute atomic E-state index is 0.0815. The van der Waals surface area contributed by atoms with E-state index in [-0.39, 0.29) is 18.0 Å². The molecule has 0 aliphatic carbocycles. The summed E-state index contributed by atoms with van der Waals surface area (Å²) in [6.07, 6.45) is 2.23. The molecule has 2 aliphatic rings. The van der Waals surface area contributed by atoms with Gasteiger partial charge in [-0.15, -0.1) is 11.3 Å². The number of carbonyl (C=O) groups is 3. The van der Waals surface area contributed by atoms with Crippen molar-refractivity contribution in [2.45, 2.75) is 51.2 Å². The number of nitrogens with two attached hydrogens (primary N) is 1. The van der Waals surface area contributed by atoms with E-state index in [1.807, 2.05) is 30.0 Å². The molecule has 2 unspecified atom stereocenters. The Morgan fingerprint density at radius 2 is 2.03 bits per heavy atom.